The Kier molecular flexibility index (Phi) is 4.42. The summed E-state index contributed by atoms with van der Waals surface area (Å²) in [4.78, 5) is 0. The van der Waals surface area contributed by atoms with E-state index in [1.807, 2.05) is 25.1 Å². The SMILES string of the molecule is COc1cccc(Br)c1OC(C)C(C)O. The second kappa shape index (κ2) is 5.37. The van der Waals surface area contributed by atoms with E-state index in [1.54, 1.807) is 14.0 Å². The molecule has 0 heterocycles. The van der Waals surface area contributed by atoms with Crippen molar-refractivity contribution in [2.24, 2.45) is 0 Å². The predicted molar refractivity (Wildman–Crippen MR) is 62.5 cm³/mol. The van der Waals surface area contributed by atoms with Crippen molar-refractivity contribution in [1.82, 2.24) is 0 Å². The van der Waals surface area contributed by atoms with Crippen molar-refractivity contribution >= 4 is 15.9 Å². The first-order chi connectivity index (χ1) is 7.06. The zero-order valence-electron chi connectivity index (χ0n) is 9.03. The lowest BCUT2D eigenvalue weighted by Crippen LogP contribution is -2.25. The molecule has 0 aliphatic rings. The van der Waals surface area contributed by atoms with Gasteiger partial charge in [-0.2, -0.15) is 0 Å². The van der Waals surface area contributed by atoms with E-state index in [9.17, 15) is 5.11 Å². The summed E-state index contributed by atoms with van der Waals surface area (Å²) >= 11 is 3.38. The van der Waals surface area contributed by atoms with Crippen LogP contribution in [0.25, 0.3) is 0 Å². The van der Waals surface area contributed by atoms with Gasteiger partial charge in [-0.3, -0.25) is 0 Å². The zero-order valence-corrected chi connectivity index (χ0v) is 10.6. The molecule has 0 saturated carbocycles. The van der Waals surface area contributed by atoms with Crippen molar-refractivity contribution in [2.45, 2.75) is 26.1 Å². The fraction of sp³-hybridized carbons (Fsp3) is 0.455. The van der Waals surface area contributed by atoms with Gasteiger partial charge in [0.1, 0.15) is 6.10 Å². The highest BCUT2D eigenvalue weighted by molar-refractivity contribution is 9.10. The molecule has 1 aromatic carbocycles. The Bertz CT molecular complexity index is 326. The maximum Gasteiger partial charge on any atom is 0.175 e. The van der Waals surface area contributed by atoms with Gasteiger partial charge >= 0.3 is 0 Å². The molecule has 4 heteroatoms. The minimum atomic E-state index is -0.526. The van der Waals surface area contributed by atoms with Gasteiger partial charge in [-0.05, 0) is 41.9 Å². The quantitative estimate of drug-likeness (QED) is 0.918. The molecule has 0 amide bonds. The summed E-state index contributed by atoms with van der Waals surface area (Å²) in [6.45, 7) is 3.50. The molecule has 1 rings (SSSR count). The Morgan fingerprint density at radius 3 is 2.53 bits per heavy atom. The molecular weight excluding hydrogens is 260 g/mol. The number of methoxy groups -OCH3 is 1. The van der Waals surface area contributed by atoms with Crippen LogP contribution in [0.2, 0.25) is 0 Å². The van der Waals surface area contributed by atoms with E-state index < -0.39 is 6.10 Å². The molecule has 1 aromatic rings. The van der Waals surface area contributed by atoms with Gasteiger partial charge in [0.25, 0.3) is 0 Å². The van der Waals surface area contributed by atoms with Crippen LogP contribution in [-0.2, 0) is 0 Å². The second-order valence-corrected chi connectivity index (χ2v) is 4.19. The molecule has 0 radical (unpaired) electrons. The van der Waals surface area contributed by atoms with Crippen molar-refractivity contribution in [1.29, 1.82) is 0 Å². The number of benzene rings is 1. The molecule has 0 bridgehead atoms. The van der Waals surface area contributed by atoms with E-state index in [0.717, 1.165) is 4.47 Å². The van der Waals surface area contributed by atoms with E-state index in [2.05, 4.69) is 15.9 Å². The Morgan fingerprint density at radius 1 is 1.33 bits per heavy atom. The Morgan fingerprint density at radius 2 is 2.00 bits per heavy atom. The van der Waals surface area contributed by atoms with Gasteiger partial charge in [-0.15, -0.1) is 0 Å². The van der Waals surface area contributed by atoms with Gasteiger partial charge in [0, 0.05) is 0 Å². The Hall–Kier alpha value is -0.740. The number of halogens is 1. The summed E-state index contributed by atoms with van der Waals surface area (Å²) in [6.07, 6.45) is -0.806. The molecule has 0 aromatic heterocycles. The molecular formula is C11H15BrO3. The lowest BCUT2D eigenvalue weighted by atomic mass is 10.2. The minimum Gasteiger partial charge on any atom is -0.493 e. The molecule has 15 heavy (non-hydrogen) atoms. The summed E-state index contributed by atoms with van der Waals surface area (Å²) in [5.74, 6) is 1.27. The van der Waals surface area contributed by atoms with Crippen LogP contribution in [0.1, 0.15) is 13.8 Å². The maximum absolute atomic E-state index is 9.36. The molecule has 1 N–H and O–H groups in total. The Balaban J connectivity index is 2.92. The van der Waals surface area contributed by atoms with Crippen LogP contribution in [0.3, 0.4) is 0 Å². The number of aliphatic hydroxyl groups excluding tert-OH is 1. The van der Waals surface area contributed by atoms with Crippen LogP contribution < -0.4 is 9.47 Å². The van der Waals surface area contributed by atoms with Crippen molar-refractivity contribution in [3.63, 3.8) is 0 Å². The highest BCUT2D eigenvalue weighted by atomic mass is 79.9. The van der Waals surface area contributed by atoms with Gasteiger partial charge < -0.3 is 14.6 Å². The second-order valence-electron chi connectivity index (χ2n) is 3.33. The molecule has 2 unspecified atom stereocenters. The van der Waals surface area contributed by atoms with Crippen LogP contribution in [0.15, 0.2) is 22.7 Å². The van der Waals surface area contributed by atoms with E-state index >= 15 is 0 Å². The lowest BCUT2D eigenvalue weighted by molar-refractivity contribution is 0.0581. The predicted octanol–water partition coefficient (Wildman–Crippen LogP) is 2.61. The number of hydrogen-bond acceptors (Lipinski definition) is 3. The molecule has 0 aliphatic carbocycles. The summed E-state index contributed by atoms with van der Waals surface area (Å²) in [7, 11) is 1.58. The first-order valence-electron chi connectivity index (χ1n) is 4.73. The first kappa shape index (κ1) is 12.3. The monoisotopic (exact) mass is 274 g/mol. The molecule has 2 atom stereocenters. The molecule has 3 nitrogen and oxygen atoms in total. The standard InChI is InChI=1S/C11H15BrO3/c1-7(13)8(2)15-11-9(12)5-4-6-10(11)14-3/h4-8,13H,1-3H3. The topological polar surface area (TPSA) is 38.7 Å². The zero-order chi connectivity index (χ0) is 11.4. The van der Waals surface area contributed by atoms with Crippen molar-refractivity contribution < 1.29 is 14.6 Å². The van der Waals surface area contributed by atoms with Crippen LogP contribution in [0, 0.1) is 0 Å². The van der Waals surface area contributed by atoms with E-state index in [0.29, 0.717) is 11.5 Å². The number of ether oxygens (including phenoxy) is 2. The van der Waals surface area contributed by atoms with Crippen LogP contribution in [0.4, 0.5) is 0 Å². The fourth-order valence-electron chi connectivity index (χ4n) is 1.05. The molecule has 0 spiro atoms. The van der Waals surface area contributed by atoms with Gasteiger partial charge in [0.15, 0.2) is 11.5 Å². The third kappa shape index (κ3) is 3.11. The average molecular weight is 275 g/mol. The van der Waals surface area contributed by atoms with Crippen molar-refractivity contribution in [2.75, 3.05) is 7.11 Å². The van der Waals surface area contributed by atoms with Crippen LogP contribution >= 0.6 is 15.9 Å². The van der Waals surface area contributed by atoms with Gasteiger partial charge in [0.05, 0.1) is 17.7 Å². The van der Waals surface area contributed by atoms with Gasteiger partial charge in [-0.25, -0.2) is 0 Å². The summed E-state index contributed by atoms with van der Waals surface area (Å²) in [6, 6.07) is 5.55. The normalized spacial score (nSPS) is 14.5. The maximum atomic E-state index is 9.36. The number of hydrogen-bond donors (Lipinski definition) is 1. The van der Waals surface area contributed by atoms with E-state index in [1.165, 1.54) is 0 Å². The van der Waals surface area contributed by atoms with Crippen molar-refractivity contribution in [3.8, 4) is 11.5 Å². The number of para-hydroxylation sites is 1. The third-order valence-electron chi connectivity index (χ3n) is 2.13. The highest BCUT2D eigenvalue weighted by Crippen LogP contribution is 2.35. The fourth-order valence-corrected chi connectivity index (χ4v) is 1.49. The molecule has 84 valence electrons. The molecule has 0 fully saturated rings. The Labute approximate surface area is 98.1 Å². The highest BCUT2D eigenvalue weighted by Gasteiger charge is 2.15. The third-order valence-corrected chi connectivity index (χ3v) is 2.76. The van der Waals surface area contributed by atoms with Crippen LogP contribution in [0.5, 0.6) is 11.5 Å². The largest absolute Gasteiger partial charge is 0.493 e. The van der Waals surface area contributed by atoms with Crippen LogP contribution in [-0.4, -0.2) is 24.4 Å². The summed E-state index contributed by atoms with van der Waals surface area (Å²) < 4.78 is 11.6. The van der Waals surface area contributed by atoms with Gasteiger partial charge in [-0.1, -0.05) is 6.07 Å². The number of aliphatic hydroxyl groups is 1. The van der Waals surface area contributed by atoms with Gasteiger partial charge in [0.2, 0.25) is 0 Å². The van der Waals surface area contributed by atoms with E-state index in [4.69, 9.17) is 9.47 Å². The molecule has 0 saturated heterocycles. The van der Waals surface area contributed by atoms with E-state index in [-0.39, 0.29) is 6.10 Å². The average Bonchev–Trinajstić information content (AvgIpc) is 2.20. The summed E-state index contributed by atoms with van der Waals surface area (Å²) in [5.41, 5.74) is 0. The first-order valence-corrected chi connectivity index (χ1v) is 5.52. The lowest BCUT2D eigenvalue weighted by Gasteiger charge is -2.19. The van der Waals surface area contributed by atoms with Crippen molar-refractivity contribution in [3.05, 3.63) is 22.7 Å². The molecule has 0 aliphatic heterocycles. The summed E-state index contributed by atoms with van der Waals surface area (Å²) in [5, 5.41) is 9.36. The minimum absolute atomic E-state index is 0.280. The smallest absolute Gasteiger partial charge is 0.175 e. The number of rotatable bonds is 4.